The van der Waals surface area contributed by atoms with Crippen molar-refractivity contribution in [2.45, 2.75) is 39.7 Å². The van der Waals surface area contributed by atoms with Gasteiger partial charge in [-0.05, 0) is 68.5 Å². The van der Waals surface area contributed by atoms with E-state index in [1.807, 2.05) is 9.47 Å². The molecule has 0 N–H and O–H groups in total. The minimum Gasteiger partial charge on any atom is -0.383 e. The minimum atomic E-state index is -0.491. The van der Waals surface area contributed by atoms with Gasteiger partial charge in [-0.15, -0.1) is 0 Å². The summed E-state index contributed by atoms with van der Waals surface area (Å²) in [5, 5.41) is 11.8. The van der Waals surface area contributed by atoms with E-state index >= 15 is 0 Å². The van der Waals surface area contributed by atoms with Crippen LogP contribution in [0.15, 0.2) is 35.3 Å². The van der Waals surface area contributed by atoms with Crippen LogP contribution in [0.25, 0.3) is 10.2 Å². The molecule has 0 radical (unpaired) electrons. The molecule has 3 aromatic rings. The fourth-order valence-electron chi connectivity index (χ4n) is 4.16. The largest absolute Gasteiger partial charge is 0.383 e. The highest BCUT2D eigenvalue weighted by molar-refractivity contribution is 7.16. The SMILES string of the molecule is COCCn1c(=NC(=O)c2ccc(N3CCCCC3)c([N+](=O)[O-])c2)sc2cc(C)c(C)cc21. The van der Waals surface area contributed by atoms with Crippen LogP contribution in [0.2, 0.25) is 0 Å². The van der Waals surface area contributed by atoms with Crippen molar-refractivity contribution < 1.29 is 14.5 Å². The zero-order chi connectivity index (χ0) is 23.5. The van der Waals surface area contributed by atoms with Gasteiger partial charge in [-0.2, -0.15) is 4.99 Å². The molecule has 174 valence electrons. The van der Waals surface area contributed by atoms with Gasteiger partial charge in [0.1, 0.15) is 5.69 Å². The predicted octanol–water partition coefficient (Wildman–Crippen LogP) is 4.61. The molecule has 0 saturated carbocycles. The molecule has 0 aliphatic carbocycles. The van der Waals surface area contributed by atoms with Crippen LogP contribution in [-0.4, -0.2) is 42.2 Å². The van der Waals surface area contributed by atoms with E-state index in [0.29, 0.717) is 23.6 Å². The van der Waals surface area contributed by atoms with Gasteiger partial charge in [-0.25, -0.2) is 0 Å². The van der Waals surface area contributed by atoms with Crippen LogP contribution < -0.4 is 9.70 Å². The molecule has 0 spiro atoms. The summed E-state index contributed by atoms with van der Waals surface area (Å²) >= 11 is 1.43. The summed E-state index contributed by atoms with van der Waals surface area (Å²) in [4.78, 5) is 31.4. The number of carbonyl (C=O) groups is 1. The summed E-state index contributed by atoms with van der Waals surface area (Å²) in [5.41, 5.74) is 4.06. The van der Waals surface area contributed by atoms with Crippen LogP contribution in [0.1, 0.15) is 40.7 Å². The number of nitro benzene ring substituents is 1. The van der Waals surface area contributed by atoms with Crippen LogP contribution >= 0.6 is 11.3 Å². The number of aryl methyl sites for hydroxylation is 2. The van der Waals surface area contributed by atoms with Crippen molar-refractivity contribution >= 4 is 38.8 Å². The average Bonchev–Trinajstić information content (AvgIpc) is 3.13. The van der Waals surface area contributed by atoms with Crippen molar-refractivity contribution in [2.75, 3.05) is 31.7 Å². The lowest BCUT2D eigenvalue weighted by atomic mass is 10.1. The fourth-order valence-corrected chi connectivity index (χ4v) is 5.30. The van der Waals surface area contributed by atoms with Gasteiger partial charge < -0.3 is 14.2 Å². The molecule has 0 unspecified atom stereocenters. The van der Waals surface area contributed by atoms with E-state index in [1.165, 1.54) is 23.0 Å². The number of hydrogen-bond donors (Lipinski definition) is 0. The van der Waals surface area contributed by atoms with E-state index in [4.69, 9.17) is 4.74 Å². The van der Waals surface area contributed by atoms with Crippen molar-refractivity contribution in [1.29, 1.82) is 0 Å². The highest BCUT2D eigenvalue weighted by Gasteiger charge is 2.23. The monoisotopic (exact) mass is 468 g/mol. The summed E-state index contributed by atoms with van der Waals surface area (Å²) in [6, 6.07) is 8.88. The molecule has 1 aliphatic rings. The average molecular weight is 469 g/mol. The van der Waals surface area contributed by atoms with Gasteiger partial charge in [0, 0.05) is 38.4 Å². The smallest absolute Gasteiger partial charge is 0.293 e. The molecular weight excluding hydrogens is 440 g/mol. The van der Waals surface area contributed by atoms with Crippen LogP contribution in [0.5, 0.6) is 0 Å². The number of nitrogens with zero attached hydrogens (tertiary/aromatic N) is 4. The normalized spacial score (nSPS) is 14.8. The Morgan fingerprint density at radius 1 is 1.15 bits per heavy atom. The lowest BCUT2D eigenvalue weighted by Crippen LogP contribution is -2.30. The van der Waals surface area contributed by atoms with E-state index in [1.54, 1.807) is 19.2 Å². The summed E-state index contributed by atoms with van der Waals surface area (Å²) in [6.45, 7) is 6.73. The van der Waals surface area contributed by atoms with E-state index in [-0.39, 0.29) is 11.3 Å². The van der Waals surface area contributed by atoms with Gasteiger partial charge in [0.05, 0.1) is 21.7 Å². The first-order valence-corrected chi connectivity index (χ1v) is 11.9. The fraction of sp³-hybridized carbons (Fsp3) is 0.417. The third kappa shape index (κ3) is 4.84. The Bertz CT molecular complexity index is 1270. The van der Waals surface area contributed by atoms with Crippen molar-refractivity contribution in [3.63, 3.8) is 0 Å². The number of thiazole rings is 1. The predicted molar refractivity (Wildman–Crippen MR) is 130 cm³/mol. The third-order valence-corrected chi connectivity index (χ3v) is 7.17. The molecule has 1 aliphatic heterocycles. The molecule has 33 heavy (non-hydrogen) atoms. The van der Waals surface area contributed by atoms with Crippen LogP contribution in [0.3, 0.4) is 0 Å². The number of fused-ring (bicyclic) bond motifs is 1. The topological polar surface area (TPSA) is 90.0 Å². The number of anilines is 1. The quantitative estimate of drug-likeness (QED) is 0.389. The molecule has 8 nitrogen and oxygen atoms in total. The first-order chi connectivity index (χ1) is 15.9. The number of carbonyl (C=O) groups excluding carboxylic acids is 1. The second-order valence-electron chi connectivity index (χ2n) is 8.36. The Morgan fingerprint density at radius 2 is 1.88 bits per heavy atom. The minimum absolute atomic E-state index is 0.0483. The first-order valence-electron chi connectivity index (χ1n) is 11.1. The zero-order valence-corrected chi connectivity index (χ0v) is 20.0. The van der Waals surface area contributed by atoms with Crippen LogP contribution in [0.4, 0.5) is 11.4 Å². The van der Waals surface area contributed by atoms with Gasteiger partial charge in [0.15, 0.2) is 4.80 Å². The molecule has 2 aromatic carbocycles. The molecule has 0 atom stereocenters. The van der Waals surface area contributed by atoms with Gasteiger partial charge in [-0.3, -0.25) is 14.9 Å². The molecular formula is C24H28N4O4S. The molecule has 1 amide bonds. The van der Waals surface area contributed by atoms with E-state index in [9.17, 15) is 14.9 Å². The van der Waals surface area contributed by atoms with Crippen molar-refractivity contribution in [1.82, 2.24) is 4.57 Å². The molecule has 1 aromatic heterocycles. The highest BCUT2D eigenvalue weighted by atomic mass is 32.1. The molecule has 2 heterocycles. The van der Waals surface area contributed by atoms with E-state index < -0.39 is 10.8 Å². The number of hydrogen-bond acceptors (Lipinski definition) is 6. The number of rotatable bonds is 6. The second kappa shape index (κ2) is 9.84. The Kier molecular flexibility index (Phi) is 6.90. The van der Waals surface area contributed by atoms with Crippen LogP contribution in [0, 0.1) is 24.0 Å². The molecule has 0 bridgehead atoms. The molecule has 4 rings (SSSR count). The molecule has 1 saturated heterocycles. The number of piperidine rings is 1. The number of methoxy groups -OCH3 is 1. The van der Waals surface area contributed by atoms with E-state index in [0.717, 1.165) is 48.1 Å². The Balaban J connectivity index is 1.75. The first kappa shape index (κ1) is 23.1. The second-order valence-corrected chi connectivity index (χ2v) is 9.37. The van der Waals surface area contributed by atoms with Crippen LogP contribution in [-0.2, 0) is 11.3 Å². The lowest BCUT2D eigenvalue weighted by molar-refractivity contribution is -0.384. The number of ether oxygens (including phenoxy) is 1. The van der Waals surface area contributed by atoms with E-state index in [2.05, 4.69) is 31.0 Å². The number of aromatic nitrogens is 1. The summed E-state index contributed by atoms with van der Waals surface area (Å²) in [6.07, 6.45) is 3.16. The zero-order valence-electron chi connectivity index (χ0n) is 19.2. The Labute approximate surface area is 196 Å². The maximum absolute atomic E-state index is 13.1. The molecule has 9 heteroatoms. The third-order valence-electron chi connectivity index (χ3n) is 6.13. The number of benzene rings is 2. The standard InChI is InChI=1S/C24H28N4O4S/c1-16-13-21-22(14-17(16)2)33-24(27(21)11-12-32-3)25-23(29)18-7-8-19(20(15-18)28(30)31)26-9-5-4-6-10-26/h7-8,13-15H,4-6,9-12H2,1-3H3. The summed E-state index contributed by atoms with van der Waals surface area (Å²) < 4.78 is 8.26. The maximum atomic E-state index is 13.1. The Hall–Kier alpha value is -3.04. The highest BCUT2D eigenvalue weighted by Crippen LogP contribution is 2.31. The maximum Gasteiger partial charge on any atom is 0.293 e. The summed E-state index contributed by atoms with van der Waals surface area (Å²) in [5.74, 6) is -0.491. The van der Waals surface area contributed by atoms with Crippen molar-refractivity contribution in [3.05, 3.63) is 61.9 Å². The number of amides is 1. The van der Waals surface area contributed by atoms with Gasteiger partial charge in [0.25, 0.3) is 11.6 Å². The van der Waals surface area contributed by atoms with Gasteiger partial charge >= 0.3 is 0 Å². The number of nitro groups is 1. The van der Waals surface area contributed by atoms with Gasteiger partial charge in [0.2, 0.25) is 0 Å². The lowest BCUT2D eigenvalue weighted by Gasteiger charge is -2.28. The van der Waals surface area contributed by atoms with Gasteiger partial charge in [-0.1, -0.05) is 11.3 Å². The van der Waals surface area contributed by atoms with Crippen molar-refractivity contribution in [3.8, 4) is 0 Å². The van der Waals surface area contributed by atoms with Crippen molar-refractivity contribution in [2.24, 2.45) is 4.99 Å². The Morgan fingerprint density at radius 3 is 2.58 bits per heavy atom. The summed E-state index contributed by atoms with van der Waals surface area (Å²) in [7, 11) is 1.63. The molecule has 1 fully saturated rings.